The maximum Gasteiger partial charge on any atom is 0.256 e. The van der Waals surface area contributed by atoms with Crippen LogP contribution in [0.3, 0.4) is 0 Å². The first-order valence-corrected chi connectivity index (χ1v) is 6.33. The second-order valence-corrected chi connectivity index (χ2v) is 5.14. The van der Waals surface area contributed by atoms with Gasteiger partial charge in [0.05, 0.1) is 22.2 Å². The van der Waals surface area contributed by atoms with Gasteiger partial charge in [-0.25, -0.2) is 0 Å². The van der Waals surface area contributed by atoms with E-state index in [0.29, 0.717) is 5.69 Å². The fraction of sp³-hybridized carbons (Fsp3) is 0.333. The molecule has 0 fully saturated rings. The Morgan fingerprint density at radius 3 is 2.37 bits per heavy atom. The number of hydrogen-bond acceptors (Lipinski definition) is 3. The molecule has 1 rings (SSSR count). The molecule has 1 aromatic rings. The van der Waals surface area contributed by atoms with Crippen molar-refractivity contribution in [1.29, 1.82) is 0 Å². The molecule has 104 valence electrons. The molecule has 0 aliphatic heterocycles. The molecule has 19 heavy (non-hydrogen) atoms. The van der Waals surface area contributed by atoms with Crippen molar-refractivity contribution in [3.8, 4) is 0 Å². The first-order valence-electron chi connectivity index (χ1n) is 5.57. The Balaban J connectivity index is 3.20. The molecule has 0 aliphatic carbocycles. The van der Waals surface area contributed by atoms with Crippen molar-refractivity contribution in [2.24, 2.45) is 5.73 Å². The Labute approximate surface area is 121 Å². The minimum Gasteiger partial charge on any atom is -0.399 e. The van der Waals surface area contributed by atoms with Crippen molar-refractivity contribution in [2.45, 2.75) is 19.9 Å². The van der Waals surface area contributed by atoms with Crippen molar-refractivity contribution in [3.63, 3.8) is 0 Å². The van der Waals surface area contributed by atoms with Crippen LogP contribution in [0.25, 0.3) is 0 Å². The Bertz CT molecular complexity index is 518. The Morgan fingerprint density at radius 2 is 1.89 bits per heavy atom. The molecule has 0 bridgehead atoms. The largest absolute Gasteiger partial charge is 0.399 e. The third-order valence-electron chi connectivity index (χ3n) is 2.49. The summed E-state index contributed by atoms with van der Waals surface area (Å²) in [5.41, 5.74) is 11.2. The zero-order chi connectivity index (χ0) is 14.7. The molecule has 0 atom stereocenters. The number of carbonyl (C=O) groups is 2. The molecule has 0 aliphatic rings. The molecule has 7 heteroatoms. The second kappa shape index (κ2) is 6.12. The number of anilines is 1. The molecule has 2 amide bonds. The molecule has 0 aromatic heterocycles. The quantitative estimate of drug-likeness (QED) is 0.833. The monoisotopic (exact) mass is 303 g/mol. The zero-order valence-corrected chi connectivity index (χ0v) is 12.1. The summed E-state index contributed by atoms with van der Waals surface area (Å²) in [6.45, 7) is 3.34. The summed E-state index contributed by atoms with van der Waals surface area (Å²) in [5, 5.41) is 0.295. The van der Waals surface area contributed by atoms with E-state index < -0.39 is 11.8 Å². The van der Waals surface area contributed by atoms with Crippen molar-refractivity contribution >= 4 is 40.7 Å². The van der Waals surface area contributed by atoms with Crippen LogP contribution in [0.1, 0.15) is 24.2 Å². The van der Waals surface area contributed by atoms with E-state index >= 15 is 0 Å². The number of nitrogens with zero attached hydrogens (tertiary/aromatic N) is 1. The maximum absolute atomic E-state index is 12.4. The van der Waals surface area contributed by atoms with Crippen molar-refractivity contribution in [1.82, 2.24) is 4.90 Å². The lowest BCUT2D eigenvalue weighted by Crippen LogP contribution is -2.42. The van der Waals surface area contributed by atoms with Crippen LogP contribution in [0.5, 0.6) is 0 Å². The molecule has 0 radical (unpaired) electrons. The first-order chi connectivity index (χ1) is 8.73. The third kappa shape index (κ3) is 3.75. The molecule has 0 heterocycles. The average molecular weight is 304 g/mol. The Hall–Kier alpha value is -1.46. The van der Waals surface area contributed by atoms with Crippen LogP contribution in [0.15, 0.2) is 12.1 Å². The van der Waals surface area contributed by atoms with Crippen LogP contribution < -0.4 is 11.5 Å². The van der Waals surface area contributed by atoms with Gasteiger partial charge < -0.3 is 16.4 Å². The van der Waals surface area contributed by atoms with E-state index in [0.717, 1.165) is 0 Å². The van der Waals surface area contributed by atoms with Gasteiger partial charge in [-0.05, 0) is 26.0 Å². The normalized spacial score (nSPS) is 10.6. The van der Waals surface area contributed by atoms with Crippen molar-refractivity contribution in [3.05, 3.63) is 27.7 Å². The van der Waals surface area contributed by atoms with Crippen LogP contribution in [0, 0.1) is 0 Å². The van der Waals surface area contributed by atoms with Gasteiger partial charge in [-0.1, -0.05) is 23.2 Å². The van der Waals surface area contributed by atoms with Gasteiger partial charge in [-0.3, -0.25) is 9.59 Å². The van der Waals surface area contributed by atoms with Gasteiger partial charge in [0.1, 0.15) is 0 Å². The standard InChI is InChI=1S/C12H15Cl2N3O2/c1-6(2)17(5-10(16)18)12(19)8-3-7(15)4-9(13)11(8)14/h3-4,6H,5,15H2,1-2H3,(H2,16,18). The predicted octanol–water partition coefficient (Wildman–Crippen LogP) is 1.91. The highest BCUT2D eigenvalue weighted by atomic mass is 35.5. The second-order valence-electron chi connectivity index (χ2n) is 4.36. The summed E-state index contributed by atoms with van der Waals surface area (Å²) >= 11 is 11.9. The highest BCUT2D eigenvalue weighted by Crippen LogP contribution is 2.29. The van der Waals surface area contributed by atoms with E-state index in [2.05, 4.69) is 0 Å². The summed E-state index contributed by atoms with van der Waals surface area (Å²) in [7, 11) is 0. The zero-order valence-electron chi connectivity index (χ0n) is 10.6. The SMILES string of the molecule is CC(C)N(CC(N)=O)C(=O)c1cc(N)cc(Cl)c1Cl. The van der Waals surface area contributed by atoms with Gasteiger partial charge in [-0.15, -0.1) is 0 Å². The van der Waals surface area contributed by atoms with E-state index in [-0.39, 0.29) is 28.2 Å². The highest BCUT2D eigenvalue weighted by Gasteiger charge is 2.23. The summed E-state index contributed by atoms with van der Waals surface area (Å²) in [6.07, 6.45) is 0. The molecule has 0 unspecified atom stereocenters. The fourth-order valence-electron chi connectivity index (χ4n) is 1.58. The van der Waals surface area contributed by atoms with Gasteiger partial charge in [0.2, 0.25) is 5.91 Å². The third-order valence-corrected chi connectivity index (χ3v) is 3.29. The Kier molecular flexibility index (Phi) is 5.03. The van der Waals surface area contributed by atoms with Crippen molar-refractivity contribution < 1.29 is 9.59 Å². The number of carbonyl (C=O) groups excluding carboxylic acids is 2. The van der Waals surface area contributed by atoms with E-state index in [4.69, 9.17) is 34.7 Å². The number of primary amides is 1. The molecular formula is C12H15Cl2N3O2. The lowest BCUT2D eigenvalue weighted by molar-refractivity contribution is -0.119. The number of halogens is 2. The van der Waals surface area contributed by atoms with Crippen LogP contribution in [0.4, 0.5) is 5.69 Å². The number of nitrogens with two attached hydrogens (primary N) is 2. The van der Waals surface area contributed by atoms with Gasteiger partial charge in [0.15, 0.2) is 0 Å². The number of nitrogen functional groups attached to an aromatic ring is 1. The van der Waals surface area contributed by atoms with E-state index in [9.17, 15) is 9.59 Å². The van der Waals surface area contributed by atoms with Crippen LogP contribution in [-0.4, -0.2) is 29.3 Å². The van der Waals surface area contributed by atoms with Gasteiger partial charge >= 0.3 is 0 Å². The number of rotatable bonds is 4. The van der Waals surface area contributed by atoms with Crippen molar-refractivity contribution in [2.75, 3.05) is 12.3 Å². The summed E-state index contributed by atoms with van der Waals surface area (Å²) in [4.78, 5) is 24.7. The summed E-state index contributed by atoms with van der Waals surface area (Å²) in [5.74, 6) is -1.04. The molecular weight excluding hydrogens is 289 g/mol. The minimum atomic E-state index is -0.604. The lowest BCUT2D eigenvalue weighted by atomic mass is 10.1. The number of amides is 2. The first kappa shape index (κ1) is 15.6. The van der Waals surface area contributed by atoms with Crippen LogP contribution in [0.2, 0.25) is 10.0 Å². The molecule has 0 saturated carbocycles. The molecule has 4 N–H and O–H groups in total. The van der Waals surface area contributed by atoms with Gasteiger partial charge in [0, 0.05) is 11.7 Å². The fourth-order valence-corrected chi connectivity index (χ4v) is 1.99. The van der Waals surface area contributed by atoms with E-state index in [1.807, 2.05) is 0 Å². The Morgan fingerprint density at radius 1 is 1.32 bits per heavy atom. The lowest BCUT2D eigenvalue weighted by Gasteiger charge is -2.26. The average Bonchev–Trinajstić information content (AvgIpc) is 2.29. The summed E-state index contributed by atoms with van der Waals surface area (Å²) < 4.78 is 0. The van der Waals surface area contributed by atoms with Gasteiger partial charge in [-0.2, -0.15) is 0 Å². The van der Waals surface area contributed by atoms with Crippen LogP contribution >= 0.6 is 23.2 Å². The van der Waals surface area contributed by atoms with E-state index in [1.165, 1.54) is 17.0 Å². The summed E-state index contributed by atoms with van der Waals surface area (Å²) in [6, 6.07) is 2.66. The number of benzene rings is 1. The molecule has 0 saturated heterocycles. The van der Waals surface area contributed by atoms with Crippen LogP contribution in [-0.2, 0) is 4.79 Å². The number of hydrogen-bond donors (Lipinski definition) is 2. The topological polar surface area (TPSA) is 89.4 Å². The molecule has 0 spiro atoms. The highest BCUT2D eigenvalue weighted by molar-refractivity contribution is 6.44. The molecule has 5 nitrogen and oxygen atoms in total. The minimum absolute atomic E-state index is 0.107. The molecule has 1 aromatic carbocycles. The van der Waals surface area contributed by atoms with E-state index in [1.54, 1.807) is 13.8 Å². The smallest absolute Gasteiger partial charge is 0.256 e. The maximum atomic E-state index is 12.4. The van der Waals surface area contributed by atoms with Gasteiger partial charge in [0.25, 0.3) is 5.91 Å². The predicted molar refractivity (Wildman–Crippen MR) is 76.2 cm³/mol.